The van der Waals surface area contributed by atoms with Crippen LogP contribution in [-0.4, -0.2) is 48.6 Å². The van der Waals surface area contributed by atoms with Crippen molar-refractivity contribution < 1.29 is 9.47 Å². The van der Waals surface area contributed by atoms with Gasteiger partial charge in [0, 0.05) is 49.1 Å². The molecule has 0 spiro atoms. The van der Waals surface area contributed by atoms with Crippen LogP contribution >= 0.6 is 15.9 Å². The molecule has 148 valence electrons. The number of hydrogen-bond acceptors (Lipinski definition) is 4. The van der Waals surface area contributed by atoms with Crippen LogP contribution in [0, 0.1) is 0 Å². The molecule has 1 aromatic carbocycles. The summed E-state index contributed by atoms with van der Waals surface area (Å²) in [5, 5.41) is 3.36. The van der Waals surface area contributed by atoms with Gasteiger partial charge in [0.05, 0.1) is 26.5 Å². The first kappa shape index (κ1) is 20.0. The normalized spacial score (nSPS) is 11.5. The van der Waals surface area contributed by atoms with Crippen LogP contribution in [-0.2, 0) is 13.1 Å². The number of imidazole rings is 1. The van der Waals surface area contributed by atoms with Crippen molar-refractivity contribution in [2.45, 2.75) is 13.1 Å². The first-order chi connectivity index (χ1) is 13.5. The number of ether oxygens (including phenoxy) is 2. The first-order valence-electron chi connectivity index (χ1n) is 8.80. The second-order valence-electron chi connectivity index (χ2n) is 6.28. The summed E-state index contributed by atoms with van der Waals surface area (Å²) in [7, 11) is 7.06. The number of fused-ring (bicyclic) bond motifs is 1. The van der Waals surface area contributed by atoms with Gasteiger partial charge in [-0.1, -0.05) is 0 Å². The molecule has 0 radical (unpaired) electrons. The highest BCUT2D eigenvalue weighted by atomic mass is 79.9. The molecule has 0 aliphatic carbocycles. The van der Waals surface area contributed by atoms with Gasteiger partial charge in [-0.05, 0) is 40.2 Å². The van der Waals surface area contributed by atoms with Crippen molar-refractivity contribution in [1.82, 2.24) is 19.6 Å². The number of hydrogen-bond donors (Lipinski definition) is 1. The van der Waals surface area contributed by atoms with E-state index in [2.05, 4.69) is 31.2 Å². The molecule has 8 heteroatoms. The molecule has 1 N–H and O–H groups in total. The lowest BCUT2D eigenvalue weighted by Crippen LogP contribution is -2.38. The molecule has 0 unspecified atom stereocenters. The summed E-state index contributed by atoms with van der Waals surface area (Å²) in [5.74, 6) is 2.33. The summed E-state index contributed by atoms with van der Waals surface area (Å²) in [6.45, 7) is 1.22. The highest BCUT2D eigenvalue weighted by Gasteiger charge is 2.12. The Balaban J connectivity index is 1.67. The number of halogens is 1. The smallest absolute Gasteiger partial charge is 0.194 e. The number of nitrogens with one attached hydrogen (secondary N) is 1. The number of benzene rings is 1. The number of aromatic nitrogens is 2. The second-order valence-corrected chi connectivity index (χ2v) is 7.20. The molecule has 0 amide bonds. The van der Waals surface area contributed by atoms with E-state index in [9.17, 15) is 0 Å². The van der Waals surface area contributed by atoms with E-state index in [1.54, 1.807) is 21.3 Å². The quantitative estimate of drug-likeness (QED) is 0.465. The van der Waals surface area contributed by atoms with Gasteiger partial charge < -0.3 is 24.1 Å². The third-order valence-electron chi connectivity index (χ3n) is 4.37. The Bertz CT molecular complexity index is 986. The van der Waals surface area contributed by atoms with Crippen LogP contribution < -0.4 is 14.8 Å². The lowest BCUT2D eigenvalue weighted by Gasteiger charge is -2.23. The van der Waals surface area contributed by atoms with E-state index in [0.717, 1.165) is 38.8 Å². The van der Waals surface area contributed by atoms with E-state index in [4.69, 9.17) is 9.47 Å². The van der Waals surface area contributed by atoms with Crippen LogP contribution in [0.4, 0.5) is 0 Å². The highest BCUT2D eigenvalue weighted by molar-refractivity contribution is 9.10. The molecule has 2 heterocycles. The third kappa shape index (κ3) is 4.56. The molecular weight excluding hydrogens is 422 g/mol. The number of pyridine rings is 1. The van der Waals surface area contributed by atoms with Gasteiger partial charge in [-0.25, -0.2) is 4.98 Å². The fourth-order valence-electron chi connectivity index (χ4n) is 2.97. The summed E-state index contributed by atoms with van der Waals surface area (Å²) < 4.78 is 13.8. The van der Waals surface area contributed by atoms with E-state index in [-0.39, 0.29) is 0 Å². The SMILES string of the molecule is CN=C(NCc1cn2cc(Br)ccc2n1)N(C)Cc1ccc(OC)cc1OC. The molecular formula is C20H24BrN5O2. The Labute approximate surface area is 173 Å². The van der Waals surface area contributed by atoms with Crippen molar-refractivity contribution in [3.8, 4) is 11.5 Å². The van der Waals surface area contributed by atoms with Gasteiger partial charge in [-0.3, -0.25) is 4.99 Å². The number of nitrogens with zero attached hydrogens (tertiary/aromatic N) is 4. The first-order valence-corrected chi connectivity index (χ1v) is 9.59. The van der Waals surface area contributed by atoms with Crippen molar-refractivity contribution in [1.29, 1.82) is 0 Å². The van der Waals surface area contributed by atoms with Crippen LogP contribution in [0.2, 0.25) is 0 Å². The van der Waals surface area contributed by atoms with Gasteiger partial charge in [-0.2, -0.15) is 0 Å². The van der Waals surface area contributed by atoms with E-state index >= 15 is 0 Å². The average Bonchev–Trinajstić information content (AvgIpc) is 3.10. The fraction of sp³-hybridized carbons (Fsp3) is 0.300. The lowest BCUT2D eigenvalue weighted by atomic mass is 10.2. The topological polar surface area (TPSA) is 63.4 Å². The number of aliphatic imine (C=N–C) groups is 1. The summed E-state index contributed by atoms with van der Waals surface area (Å²) in [5.41, 5.74) is 2.90. The van der Waals surface area contributed by atoms with Crippen LogP contribution in [0.25, 0.3) is 5.65 Å². The zero-order valence-corrected chi connectivity index (χ0v) is 18.0. The Hall–Kier alpha value is -2.74. The van der Waals surface area contributed by atoms with Crippen LogP contribution in [0.15, 0.2) is 52.2 Å². The maximum absolute atomic E-state index is 5.49. The third-order valence-corrected chi connectivity index (χ3v) is 4.84. The van der Waals surface area contributed by atoms with Gasteiger partial charge in [-0.15, -0.1) is 0 Å². The molecule has 0 bridgehead atoms. The largest absolute Gasteiger partial charge is 0.497 e. The van der Waals surface area contributed by atoms with Crippen LogP contribution in [0.1, 0.15) is 11.3 Å². The summed E-state index contributed by atoms with van der Waals surface area (Å²) >= 11 is 3.48. The fourth-order valence-corrected chi connectivity index (χ4v) is 3.32. The van der Waals surface area contributed by atoms with Gasteiger partial charge in [0.1, 0.15) is 17.1 Å². The zero-order chi connectivity index (χ0) is 20.1. The van der Waals surface area contributed by atoms with E-state index in [1.165, 1.54) is 0 Å². The number of rotatable bonds is 6. The maximum atomic E-state index is 5.49. The average molecular weight is 446 g/mol. The molecule has 7 nitrogen and oxygen atoms in total. The molecule has 0 saturated heterocycles. The van der Waals surface area contributed by atoms with Crippen molar-refractivity contribution in [2.24, 2.45) is 4.99 Å². The van der Waals surface area contributed by atoms with Gasteiger partial charge in [0.2, 0.25) is 0 Å². The van der Waals surface area contributed by atoms with E-state index in [0.29, 0.717) is 13.1 Å². The molecule has 0 aliphatic heterocycles. The highest BCUT2D eigenvalue weighted by Crippen LogP contribution is 2.25. The number of methoxy groups -OCH3 is 2. The van der Waals surface area contributed by atoms with Gasteiger partial charge >= 0.3 is 0 Å². The molecule has 0 atom stereocenters. The summed E-state index contributed by atoms with van der Waals surface area (Å²) in [6, 6.07) is 9.77. The standard InChI is InChI=1S/C20H24BrN5O2/c1-22-20(23-10-16-13-26-12-15(21)6-8-19(26)24-16)25(2)11-14-5-7-17(27-3)9-18(14)28-4/h5-9,12-13H,10-11H2,1-4H3,(H,22,23). The monoisotopic (exact) mass is 445 g/mol. The Morgan fingerprint density at radius 1 is 1.21 bits per heavy atom. The van der Waals surface area contributed by atoms with Crippen molar-refractivity contribution in [3.63, 3.8) is 0 Å². The Morgan fingerprint density at radius 3 is 2.75 bits per heavy atom. The summed E-state index contributed by atoms with van der Waals surface area (Å²) in [4.78, 5) is 11.0. The Kier molecular flexibility index (Phi) is 6.41. The predicted octanol–water partition coefficient (Wildman–Crippen LogP) is 3.32. The van der Waals surface area contributed by atoms with Crippen molar-refractivity contribution in [2.75, 3.05) is 28.3 Å². The molecule has 0 saturated carbocycles. The lowest BCUT2D eigenvalue weighted by molar-refractivity contribution is 0.382. The molecule has 0 fully saturated rings. The van der Waals surface area contributed by atoms with Crippen molar-refractivity contribution >= 4 is 27.5 Å². The van der Waals surface area contributed by atoms with Crippen molar-refractivity contribution in [3.05, 3.63) is 58.5 Å². The minimum absolute atomic E-state index is 0.579. The molecule has 3 aromatic rings. The van der Waals surface area contributed by atoms with E-state index in [1.807, 2.05) is 59.1 Å². The molecule has 2 aromatic heterocycles. The van der Waals surface area contributed by atoms with Gasteiger partial charge in [0.25, 0.3) is 0 Å². The second kappa shape index (κ2) is 8.97. The molecule has 0 aliphatic rings. The number of guanidine groups is 1. The summed E-state index contributed by atoms with van der Waals surface area (Å²) in [6.07, 6.45) is 4.00. The zero-order valence-electron chi connectivity index (χ0n) is 16.4. The molecule has 3 rings (SSSR count). The minimum atomic E-state index is 0.579. The van der Waals surface area contributed by atoms with E-state index < -0.39 is 0 Å². The molecule has 28 heavy (non-hydrogen) atoms. The predicted molar refractivity (Wildman–Crippen MR) is 114 cm³/mol. The maximum Gasteiger partial charge on any atom is 0.194 e. The van der Waals surface area contributed by atoms with Gasteiger partial charge in [0.15, 0.2) is 5.96 Å². The van der Waals surface area contributed by atoms with Crippen LogP contribution in [0.5, 0.6) is 11.5 Å². The van der Waals surface area contributed by atoms with Crippen LogP contribution in [0.3, 0.4) is 0 Å². The Morgan fingerprint density at radius 2 is 2.04 bits per heavy atom. The minimum Gasteiger partial charge on any atom is -0.497 e.